The number of nitrogens with one attached hydrogen (secondary N) is 1. The molecule has 0 aliphatic carbocycles. The summed E-state index contributed by atoms with van der Waals surface area (Å²) in [6.07, 6.45) is -0.956. The van der Waals surface area contributed by atoms with Gasteiger partial charge in [0.05, 0.1) is 17.1 Å². The van der Waals surface area contributed by atoms with Crippen molar-refractivity contribution in [3.63, 3.8) is 0 Å². The second-order valence-corrected chi connectivity index (χ2v) is 8.93. The van der Waals surface area contributed by atoms with Gasteiger partial charge >= 0.3 is 0 Å². The number of nitrogens with zero attached hydrogens (tertiary/aromatic N) is 1. The fourth-order valence-corrected chi connectivity index (χ4v) is 4.89. The molecule has 0 saturated carbocycles. The summed E-state index contributed by atoms with van der Waals surface area (Å²) in [5, 5.41) is 2.87. The zero-order chi connectivity index (χ0) is 21.1. The number of rotatable bonds is 5. The van der Waals surface area contributed by atoms with Crippen LogP contribution in [-0.2, 0) is 21.4 Å². The zero-order valence-electron chi connectivity index (χ0n) is 16.5. The average molecular weight is 423 g/mol. The maximum Gasteiger partial charge on any atom is 0.264 e. The third kappa shape index (κ3) is 3.89. The van der Waals surface area contributed by atoms with Crippen LogP contribution < -0.4 is 14.4 Å². The van der Waals surface area contributed by atoms with Crippen LogP contribution in [0.5, 0.6) is 5.75 Å². The van der Waals surface area contributed by atoms with Gasteiger partial charge < -0.3 is 10.1 Å². The first-order valence-electron chi connectivity index (χ1n) is 9.62. The molecule has 0 radical (unpaired) electrons. The number of carbonyl (C=O) groups excluding carboxylic acids is 1. The molecular formula is C23H22N2O4S. The van der Waals surface area contributed by atoms with E-state index in [1.165, 1.54) is 4.31 Å². The fraction of sp³-hybridized carbons (Fsp3) is 0.174. The number of hydrogen-bond acceptors (Lipinski definition) is 4. The Balaban J connectivity index is 1.60. The molecule has 1 aliphatic heterocycles. The molecule has 0 saturated heterocycles. The lowest BCUT2D eigenvalue weighted by atomic mass is 10.1. The van der Waals surface area contributed by atoms with Gasteiger partial charge in [-0.05, 0) is 42.3 Å². The monoisotopic (exact) mass is 422 g/mol. The molecule has 1 atom stereocenters. The molecule has 3 aromatic carbocycles. The van der Waals surface area contributed by atoms with Gasteiger partial charge in [0.2, 0.25) is 0 Å². The van der Waals surface area contributed by atoms with Crippen LogP contribution in [-0.4, -0.2) is 27.0 Å². The molecule has 4 rings (SSSR count). The molecule has 0 unspecified atom stereocenters. The van der Waals surface area contributed by atoms with E-state index in [4.69, 9.17) is 4.74 Å². The van der Waals surface area contributed by atoms with Gasteiger partial charge in [0.25, 0.3) is 15.9 Å². The van der Waals surface area contributed by atoms with Gasteiger partial charge in [-0.1, -0.05) is 54.6 Å². The molecule has 0 aromatic heterocycles. The van der Waals surface area contributed by atoms with Gasteiger partial charge in [0, 0.05) is 6.54 Å². The van der Waals surface area contributed by atoms with Crippen molar-refractivity contribution in [1.82, 2.24) is 5.32 Å². The first-order valence-corrected chi connectivity index (χ1v) is 11.1. The number of aryl methyl sites for hydroxylation is 1. The third-order valence-electron chi connectivity index (χ3n) is 5.07. The number of anilines is 1. The van der Waals surface area contributed by atoms with E-state index in [2.05, 4.69) is 5.32 Å². The van der Waals surface area contributed by atoms with Crippen LogP contribution in [0.2, 0.25) is 0 Å². The van der Waals surface area contributed by atoms with E-state index >= 15 is 0 Å². The summed E-state index contributed by atoms with van der Waals surface area (Å²) in [6.45, 7) is 2.22. The minimum Gasteiger partial charge on any atom is -0.476 e. The Labute approximate surface area is 176 Å². The summed E-state index contributed by atoms with van der Waals surface area (Å²) in [6, 6.07) is 22.8. The quantitative estimate of drug-likeness (QED) is 0.685. The van der Waals surface area contributed by atoms with Gasteiger partial charge in [0.1, 0.15) is 5.75 Å². The Morgan fingerprint density at radius 1 is 1.00 bits per heavy atom. The molecule has 6 nitrogen and oxygen atoms in total. The number of para-hydroxylation sites is 2. The van der Waals surface area contributed by atoms with Crippen molar-refractivity contribution in [3.8, 4) is 5.75 Å². The number of amides is 1. The lowest BCUT2D eigenvalue weighted by Gasteiger charge is -2.34. The number of carbonyl (C=O) groups is 1. The van der Waals surface area contributed by atoms with E-state index < -0.39 is 16.1 Å². The molecule has 7 heteroatoms. The smallest absolute Gasteiger partial charge is 0.264 e. The van der Waals surface area contributed by atoms with Gasteiger partial charge in [0.15, 0.2) is 6.10 Å². The van der Waals surface area contributed by atoms with Crippen molar-refractivity contribution in [2.45, 2.75) is 24.5 Å². The Kier molecular flexibility index (Phi) is 5.46. The SMILES string of the molecule is Cc1ccccc1CNC(=O)[C@@H]1CN(S(=O)(=O)c2ccccc2)c2ccccc2O1. The third-order valence-corrected chi connectivity index (χ3v) is 6.87. The van der Waals surface area contributed by atoms with Crippen LogP contribution in [0.15, 0.2) is 83.8 Å². The highest BCUT2D eigenvalue weighted by molar-refractivity contribution is 7.92. The predicted molar refractivity (Wildman–Crippen MR) is 115 cm³/mol. The van der Waals surface area contributed by atoms with Crippen molar-refractivity contribution in [3.05, 3.63) is 90.0 Å². The molecule has 1 aliphatic rings. The van der Waals surface area contributed by atoms with E-state index in [0.717, 1.165) is 11.1 Å². The van der Waals surface area contributed by atoms with E-state index in [-0.39, 0.29) is 17.3 Å². The largest absolute Gasteiger partial charge is 0.476 e. The summed E-state index contributed by atoms with van der Waals surface area (Å²) < 4.78 is 33.7. The Bertz CT molecular complexity index is 1160. The van der Waals surface area contributed by atoms with Gasteiger partial charge in [-0.25, -0.2) is 8.42 Å². The molecule has 0 spiro atoms. The fourth-order valence-electron chi connectivity index (χ4n) is 3.39. The van der Waals surface area contributed by atoms with Crippen LogP contribution in [0.25, 0.3) is 0 Å². The number of benzene rings is 3. The van der Waals surface area contributed by atoms with Crippen LogP contribution in [0, 0.1) is 6.92 Å². The maximum absolute atomic E-state index is 13.3. The van der Waals surface area contributed by atoms with Crippen LogP contribution in [0.4, 0.5) is 5.69 Å². The van der Waals surface area contributed by atoms with Gasteiger partial charge in [-0.2, -0.15) is 0 Å². The second-order valence-electron chi connectivity index (χ2n) is 7.07. The summed E-state index contributed by atoms with van der Waals surface area (Å²) >= 11 is 0. The number of ether oxygens (including phenoxy) is 1. The molecule has 0 fully saturated rings. The van der Waals surface area contributed by atoms with E-state index in [0.29, 0.717) is 18.0 Å². The molecule has 1 heterocycles. The van der Waals surface area contributed by atoms with Crippen LogP contribution in [0.3, 0.4) is 0 Å². The van der Waals surface area contributed by atoms with E-state index in [9.17, 15) is 13.2 Å². The zero-order valence-corrected chi connectivity index (χ0v) is 17.3. The van der Waals surface area contributed by atoms with Crippen molar-refractivity contribution < 1.29 is 17.9 Å². The van der Waals surface area contributed by atoms with Gasteiger partial charge in [-0.15, -0.1) is 0 Å². The van der Waals surface area contributed by atoms with Gasteiger partial charge in [-0.3, -0.25) is 9.10 Å². The highest BCUT2D eigenvalue weighted by Gasteiger charge is 2.37. The molecular weight excluding hydrogens is 400 g/mol. The van der Waals surface area contributed by atoms with Crippen molar-refractivity contribution in [2.24, 2.45) is 0 Å². The molecule has 154 valence electrons. The van der Waals surface area contributed by atoms with Crippen molar-refractivity contribution in [2.75, 3.05) is 10.8 Å². The molecule has 1 amide bonds. The maximum atomic E-state index is 13.3. The Morgan fingerprint density at radius 2 is 1.67 bits per heavy atom. The minimum atomic E-state index is -3.84. The summed E-state index contributed by atoms with van der Waals surface area (Å²) in [7, 11) is -3.84. The number of sulfonamides is 1. The second kappa shape index (κ2) is 8.20. The molecule has 0 bridgehead atoms. The molecule has 1 N–H and O–H groups in total. The standard InChI is InChI=1S/C23H22N2O4S/c1-17-9-5-6-10-18(17)15-24-23(26)22-16-25(20-13-7-8-14-21(20)29-22)30(27,28)19-11-3-2-4-12-19/h2-14,22H,15-16H2,1H3,(H,24,26)/t22-/m0/s1. The highest BCUT2D eigenvalue weighted by Crippen LogP contribution is 2.36. The predicted octanol–water partition coefficient (Wildman–Crippen LogP) is 3.27. The lowest BCUT2D eigenvalue weighted by Crippen LogP contribution is -2.50. The van der Waals surface area contributed by atoms with E-state index in [1.54, 1.807) is 54.6 Å². The topological polar surface area (TPSA) is 75.7 Å². The highest BCUT2D eigenvalue weighted by atomic mass is 32.2. The summed E-state index contributed by atoms with van der Waals surface area (Å²) in [5.74, 6) is 0.000292. The summed E-state index contributed by atoms with van der Waals surface area (Å²) in [5.41, 5.74) is 2.49. The first kappa shape index (κ1) is 20.0. The van der Waals surface area contributed by atoms with Crippen LogP contribution >= 0.6 is 0 Å². The molecule has 3 aromatic rings. The average Bonchev–Trinajstić information content (AvgIpc) is 2.78. The summed E-state index contributed by atoms with van der Waals surface area (Å²) in [4.78, 5) is 13.0. The Morgan fingerprint density at radius 3 is 2.43 bits per heavy atom. The molecule has 30 heavy (non-hydrogen) atoms. The minimum absolute atomic E-state index is 0.103. The van der Waals surface area contributed by atoms with Crippen molar-refractivity contribution in [1.29, 1.82) is 0 Å². The van der Waals surface area contributed by atoms with Crippen LogP contribution in [0.1, 0.15) is 11.1 Å². The first-order chi connectivity index (χ1) is 14.5. The Hall–Kier alpha value is -3.32. The lowest BCUT2D eigenvalue weighted by molar-refractivity contribution is -0.127. The normalized spacial score (nSPS) is 15.8. The van der Waals surface area contributed by atoms with E-state index in [1.807, 2.05) is 31.2 Å². The number of hydrogen-bond donors (Lipinski definition) is 1. The number of fused-ring (bicyclic) bond motifs is 1. The van der Waals surface area contributed by atoms with Crippen molar-refractivity contribution >= 4 is 21.6 Å².